The molecule has 0 spiro atoms. The molecule has 1 aromatic carbocycles. The Morgan fingerprint density at radius 1 is 1.16 bits per heavy atom. The van der Waals surface area contributed by atoms with E-state index in [-0.39, 0.29) is 25.0 Å². The Bertz CT molecular complexity index is 415. The number of carbonyl (C=O) groups is 2. The van der Waals surface area contributed by atoms with Crippen molar-refractivity contribution in [2.45, 2.75) is 26.8 Å². The molecule has 0 aliphatic rings. The van der Waals surface area contributed by atoms with E-state index in [0.717, 1.165) is 5.56 Å². The number of carbonyl (C=O) groups excluding carboxylic acids is 2. The number of ether oxygens (including phenoxy) is 1. The van der Waals surface area contributed by atoms with Gasteiger partial charge in [0.25, 0.3) is 0 Å². The molecule has 0 atom stereocenters. The largest absolute Gasteiger partial charge is 0.466 e. The third-order valence-electron chi connectivity index (χ3n) is 2.49. The van der Waals surface area contributed by atoms with E-state index in [2.05, 4.69) is 10.6 Å². The molecule has 0 saturated heterocycles. The molecule has 0 unspecified atom stereocenters. The van der Waals surface area contributed by atoms with Gasteiger partial charge >= 0.3 is 12.0 Å². The Balaban J connectivity index is 2.17. The maximum Gasteiger partial charge on any atom is 0.315 e. The zero-order valence-electron chi connectivity index (χ0n) is 11.4. The van der Waals surface area contributed by atoms with E-state index < -0.39 is 0 Å². The number of benzene rings is 1. The third kappa shape index (κ3) is 6.45. The highest BCUT2D eigenvalue weighted by molar-refractivity contribution is 5.75. The average Bonchev–Trinajstić information content (AvgIpc) is 2.38. The van der Waals surface area contributed by atoms with E-state index >= 15 is 0 Å². The van der Waals surface area contributed by atoms with Crippen LogP contribution < -0.4 is 10.6 Å². The molecule has 1 aromatic rings. The van der Waals surface area contributed by atoms with E-state index in [1.807, 2.05) is 31.2 Å². The summed E-state index contributed by atoms with van der Waals surface area (Å²) in [7, 11) is 0. The number of aryl methyl sites for hydroxylation is 1. The first-order valence-electron chi connectivity index (χ1n) is 6.34. The average molecular weight is 264 g/mol. The summed E-state index contributed by atoms with van der Waals surface area (Å²) in [4.78, 5) is 22.5. The number of hydrogen-bond acceptors (Lipinski definition) is 3. The standard InChI is InChI=1S/C14H20N2O3/c1-3-19-13(17)8-9-15-14(18)16-10-12-6-4-11(2)5-7-12/h4-7H,3,8-10H2,1-2H3,(H2,15,16,18). The van der Waals surface area contributed by atoms with Crippen LogP contribution in [0.25, 0.3) is 0 Å². The van der Waals surface area contributed by atoms with Crippen LogP contribution in [0.5, 0.6) is 0 Å². The zero-order chi connectivity index (χ0) is 14.1. The second kappa shape index (κ2) is 8.13. The molecule has 0 radical (unpaired) electrons. The molecule has 104 valence electrons. The summed E-state index contributed by atoms with van der Waals surface area (Å²) in [5.74, 6) is -0.304. The summed E-state index contributed by atoms with van der Waals surface area (Å²) in [6, 6.07) is 7.64. The highest BCUT2D eigenvalue weighted by atomic mass is 16.5. The van der Waals surface area contributed by atoms with Gasteiger partial charge in [-0.15, -0.1) is 0 Å². The molecular weight excluding hydrogens is 244 g/mol. The molecule has 1 rings (SSSR count). The van der Waals surface area contributed by atoms with Crippen LogP contribution in [0.3, 0.4) is 0 Å². The minimum Gasteiger partial charge on any atom is -0.466 e. The lowest BCUT2D eigenvalue weighted by molar-refractivity contribution is -0.142. The number of amides is 2. The van der Waals surface area contributed by atoms with Crippen molar-refractivity contribution in [2.24, 2.45) is 0 Å². The molecule has 19 heavy (non-hydrogen) atoms. The van der Waals surface area contributed by atoms with Crippen LogP contribution in [0.4, 0.5) is 4.79 Å². The normalized spacial score (nSPS) is 9.79. The Morgan fingerprint density at radius 3 is 2.47 bits per heavy atom. The summed E-state index contributed by atoms with van der Waals surface area (Å²) in [6.45, 7) is 4.86. The topological polar surface area (TPSA) is 67.4 Å². The van der Waals surface area contributed by atoms with E-state index in [0.29, 0.717) is 13.2 Å². The minimum absolute atomic E-state index is 0.186. The summed E-state index contributed by atoms with van der Waals surface area (Å²) >= 11 is 0. The summed E-state index contributed by atoms with van der Waals surface area (Å²) in [5, 5.41) is 5.32. The van der Waals surface area contributed by atoms with Crippen molar-refractivity contribution in [3.63, 3.8) is 0 Å². The van der Waals surface area contributed by atoms with E-state index in [1.165, 1.54) is 5.56 Å². The molecule has 2 amide bonds. The maximum absolute atomic E-state index is 11.4. The smallest absolute Gasteiger partial charge is 0.315 e. The van der Waals surface area contributed by atoms with Gasteiger partial charge < -0.3 is 15.4 Å². The number of nitrogens with one attached hydrogen (secondary N) is 2. The second-order valence-electron chi connectivity index (χ2n) is 4.15. The molecular formula is C14H20N2O3. The molecule has 2 N–H and O–H groups in total. The number of urea groups is 1. The van der Waals surface area contributed by atoms with Crippen molar-refractivity contribution in [1.82, 2.24) is 10.6 Å². The van der Waals surface area contributed by atoms with Crippen LogP contribution in [0.2, 0.25) is 0 Å². The SMILES string of the molecule is CCOC(=O)CCNC(=O)NCc1ccc(C)cc1. The molecule has 0 bridgehead atoms. The van der Waals surface area contributed by atoms with Gasteiger partial charge in [0.2, 0.25) is 0 Å². The molecule has 0 heterocycles. The number of hydrogen-bond donors (Lipinski definition) is 2. The molecule has 0 aliphatic carbocycles. The molecule has 5 heteroatoms. The van der Waals surface area contributed by atoms with Gasteiger partial charge in [-0.3, -0.25) is 4.79 Å². The maximum atomic E-state index is 11.4. The fourth-order valence-corrected chi connectivity index (χ4v) is 1.46. The van der Waals surface area contributed by atoms with Crippen LogP contribution in [0.15, 0.2) is 24.3 Å². The predicted octanol–water partition coefficient (Wildman–Crippen LogP) is 1.75. The van der Waals surface area contributed by atoms with Gasteiger partial charge in [-0.2, -0.15) is 0 Å². The lowest BCUT2D eigenvalue weighted by Gasteiger charge is -2.07. The molecule has 0 fully saturated rings. The van der Waals surface area contributed by atoms with Gasteiger partial charge in [-0.25, -0.2) is 4.79 Å². The fourth-order valence-electron chi connectivity index (χ4n) is 1.46. The van der Waals surface area contributed by atoms with Crippen molar-refractivity contribution in [2.75, 3.05) is 13.2 Å². The third-order valence-corrected chi connectivity index (χ3v) is 2.49. The first-order chi connectivity index (χ1) is 9.11. The monoisotopic (exact) mass is 264 g/mol. The zero-order valence-corrected chi connectivity index (χ0v) is 11.4. The van der Waals surface area contributed by atoms with Gasteiger partial charge in [0.1, 0.15) is 0 Å². The Hall–Kier alpha value is -2.04. The van der Waals surface area contributed by atoms with E-state index in [4.69, 9.17) is 4.74 Å². The molecule has 0 aromatic heterocycles. The van der Waals surface area contributed by atoms with Crippen molar-refractivity contribution in [1.29, 1.82) is 0 Å². The van der Waals surface area contributed by atoms with Gasteiger partial charge in [0.15, 0.2) is 0 Å². The predicted molar refractivity (Wildman–Crippen MR) is 72.7 cm³/mol. The van der Waals surface area contributed by atoms with Crippen LogP contribution >= 0.6 is 0 Å². The van der Waals surface area contributed by atoms with Gasteiger partial charge in [0.05, 0.1) is 13.0 Å². The molecule has 5 nitrogen and oxygen atoms in total. The fraction of sp³-hybridized carbons (Fsp3) is 0.429. The lowest BCUT2D eigenvalue weighted by Crippen LogP contribution is -2.36. The Morgan fingerprint density at radius 2 is 1.84 bits per heavy atom. The van der Waals surface area contributed by atoms with Gasteiger partial charge in [-0.05, 0) is 19.4 Å². The van der Waals surface area contributed by atoms with Gasteiger partial charge in [0, 0.05) is 13.1 Å². The minimum atomic E-state index is -0.304. The van der Waals surface area contributed by atoms with Gasteiger partial charge in [-0.1, -0.05) is 29.8 Å². The number of esters is 1. The van der Waals surface area contributed by atoms with E-state index in [9.17, 15) is 9.59 Å². The lowest BCUT2D eigenvalue weighted by atomic mass is 10.1. The first-order valence-corrected chi connectivity index (χ1v) is 6.34. The van der Waals surface area contributed by atoms with Crippen molar-refractivity contribution in [3.8, 4) is 0 Å². The van der Waals surface area contributed by atoms with Crippen LogP contribution in [-0.4, -0.2) is 25.2 Å². The van der Waals surface area contributed by atoms with Crippen LogP contribution in [0.1, 0.15) is 24.5 Å². The highest BCUT2D eigenvalue weighted by Gasteiger charge is 2.03. The second-order valence-corrected chi connectivity index (χ2v) is 4.15. The Labute approximate surface area is 113 Å². The first kappa shape index (κ1) is 15.0. The van der Waals surface area contributed by atoms with Crippen LogP contribution in [0, 0.1) is 6.92 Å². The summed E-state index contributed by atoms with van der Waals surface area (Å²) in [5.41, 5.74) is 2.22. The Kier molecular flexibility index (Phi) is 6.43. The number of rotatable bonds is 6. The van der Waals surface area contributed by atoms with E-state index in [1.54, 1.807) is 6.92 Å². The van der Waals surface area contributed by atoms with Crippen LogP contribution in [-0.2, 0) is 16.1 Å². The summed E-state index contributed by atoms with van der Waals surface area (Å²) < 4.78 is 4.75. The highest BCUT2D eigenvalue weighted by Crippen LogP contribution is 2.02. The molecule has 0 saturated carbocycles. The molecule has 0 aliphatic heterocycles. The van der Waals surface area contributed by atoms with Crippen molar-refractivity contribution >= 4 is 12.0 Å². The van der Waals surface area contributed by atoms with Crippen molar-refractivity contribution < 1.29 is 14.3 Å². The van der Waals surface area contributed by atoms with Crippen molar-refractivity contribution in [3.05, 3.63) is 35.4 Å². The summed E-state index contributed by atoms with van der Waals surface area (Å²) in [6.07, 6.45) is 0.186. The quantitative estimate of drug-likeness (QED) is 0.769.